The Labute approximate surface area is 107 Å². The van der Waals surface area contributed by atoms with E-state index < -0.39 is 0 Å². The molecule has 0 bridgehead atoms. The zero-order chi connectivity index (χ0) is 13.0. The minimum absolute atomic E-state index is 0.264. The van der Waals surface area contributed by atoms with Crippen LogP contribution in [0, 0.1) is 0 Å². The second-order valence-electron chi connectivity index (χ2n) is 4.76. The van der Waals surface area contributed by atoms with Crippen LogP contribution in [0.15, 0.2) is 30.9 Å². The summed E-state index contributed by atoms with van der Waals surface area (Å²) in [6.45, 7) is 7.17. The standard InChI is InChI=1S/C13H19N5/c1-10(2)12-7-13(15-9-14-12)17-11(3)8-18-6-4-5-16-18/h4-7,9-11H,8H2,1-3H3,(H,14,15,17). The van der Waals surface area contributed by atoms with Gasteiger partial charge in [0.05, 0.1) is 6.54 Å². The average Bonchev–Trinajstić information content (AvgIpc) is 2.82. The highest BCUT2D eigenvalue weighted by molar-refractivity contribution is 5.36. The molecular weight excluding hydrogens is 226 g/mol. The van der Waals surface area contributed by atoms with Crippen molar-refractivity contribution >= 4 is 5.82 Å². The fraction of sp³-hybridized carbons (Fsp3) is 0.462. The summed E-state index contributed by atoms with van der Waals surface area (Å²) >= 11 is 0. The zero-order valence-corrected chi connectivity index (χ0v) is 11.0. The van der Waals surface area contributed by atoms with Crippen molar-refractivity contribution in [3.05, 3.63) is 36.5 Å². The van der Waals surface area contributed by atoms with Gasteiger partial charge in [0.25, 0.3) is 0 Å². The fourth-order valence-corrected chi connectivity index (χ4v) is 1.75. The summed E-state index contributed by atoms with van der Waals surface area (Å²) < 4.78 is 1.90. The van der Waals surface area contributed by atoms with Crippen molar-refractivity contribution in [2.75, 3.05) is 5.32 Å². The minimum Gasteiger partial charge on any atom is -0.366 e. The number of hydrogen-bond donors (Lipinski definition) is 1. The second-order valence-corrected chi connectivity index (χ2v) is 4.76. The molecule has 2 heterocycles. The van der Waals surface area contributed by atoms with Crippen LogP contribution < -0.4 is 5.32 Å². The summed E-state index contributed by atoms with van der Waals surface area (Å²) in [7, 11) is 0. The zero-order valence-electron chi connectivity index (χ0n) is 11.0. The van der Waals surface area contributed by atoms with Gasteiger partial charge in [-0.15, -0.1) is 0 Å². The van der Waals surface area contributed by atoms with Crippen molar-refractivity contribution in [2.45, 2.75) is 39.3 Å². The molecule has 5 heteroatoms. The first-order chi connectivity index (χ1) is 8.65. The minimum atomic E-state index is 0.264. The van der Waals surface area contributed by atoms with Crippen LogP contribution >= 0.6 is 0 Å². The summed E-state index contributed by atoms with van der Waals surface area (Å²) in [5.74, 6) is 1.28. The van der Waals surface area contributed by atoms with E-state index in [2.05, 4.69) is 41.2 Å². The molecule has 2 aromatic rings. The summed E-state index contributed by atoms with van der Waals surface area (Å²) in [6, 6.07) is 4.19. The Bertz CT molecular complexity index is 478. The van der Waals surface area contributed by atoms with Gasteiger partial charge in [-0.25, -0.2) is 9.97 Å². The molecule has 1 N–H and O–H groups in total. The molecule has 0 fully saturated rings. The average molecular weight is 245 g/mol. The van der Waals surface area contributed by atoms with Gasteiger partial charge < -0.3 is 5.32 Å². The Morgan fingerprint density at radius 2 is 2.11 bits per heavy atom. The predicted molar refractivity (Wildman–Crippen MR) is 71.4 cm³/mol. The highest BCUT2D eigenvalue weighted by atomic mass is 15.3. The molecule has 0 saturated heterocycles. The highest BCUT2D eigenvalue weighted by Gasteiger charge is 2.06. The van der Waals surface area contributed by atoms with Crippen LogP contribution in [0.2, 0.25) is 0 Å². The first-order valence-electron chi connectivity index (χ1n) is 6.21. The molecule has 2 aromatic heterocycles. The van der Waals surface area contributed by atoms with E-state index >= 15 is 0 Å². The SMILES string of the molecule is CC(Cn1cccn1)Nc1cc(C(C)C)ncn1. The molecule has 0 aliphatic carbocycles. The molecule has 0 radical (unpaired) electrons. The molecule has 0 aliphatic heterocycles. The third-order valence-corrected chi connectivity index (χ3v) is 2.69. The lowest BCUT2D eigenvalue weighted by atomic mass is 10.1. The van der Waals surface area contributed by atoms with Crippen molar-refractivity contribution in [2.24, 2.45) is 0 Å². The van der Waals surface area contributed by atoms with E-state index in [4.69, 9.17) is 0 Å². The Hall–Kier alpha value is -1.91. The lowest BCUT2D eigenvalue weighted by Gasteiger charge is -2.15. The van der Waals surface area contributed by atoms with E-state index in [-0.39, 0.29) is 6.04 Å². The van der Waals surface area contributed by atoms with Crippen LogP contribution in [0.5, 0.6) is 0 Å². The van der Waals surface area contributed by atoms with Crippen molar-refractivity contribution < 1.29 is 0 Å². The molecule has 5 nitrogen and oxygen atoms in total. The van der Waals surface area contributed by atoms with Gasteiger partial charge in [-0.1, -0.05) is 13.8 Å². The summed E-state index contributed by atoms with van der Waals surface area (Å²) in [4.78, 5) is 8.49. The third-order valence-electron chi connectivity index (χ3n) is 2.69. The van der Waals surface area contributed by atoms with Crippen LogP contribution in [-0.4, -0.2) is 25.8 Å². The van der Waals surface area contributed by atoms with E-state index in [9.17, 15) is 0 Å². The number of aromatic nitrogens is 4. The molecule has 0 aromatic carbocycles. The molecular formula is C13H19N5. The monoisotopic (exact) mass is 245 g/mol. The number of rotatable bonds is 5. The van der Waals surface area contributed by atoms with E-state index in [1.54, 1.807) is 12.5 Å². The Kier molecular flexibility index (Phi) is 3.92. The van der Waals surface area contributed by atoms with Crippen molar-refractivity contribution in [3.63, 3.8) is 0 Å². The Morgan fingerprint density at radius 1 is 1.28 bits per heavy atom. The predicted octanol–water partition coefficient (Wildman–Crippen LogP) is 2.30. The topological polar surface area (TPSA) is 55.6 Å². The Morgan fingerprint density at radius 3 is 2.78 bits per heavy atom. The molecule has 0 amide bonds. The maximum absolute atomic E-state index is 4.25. The first-order valence-corrected chi connectivity index (χ1v) is 6.21. The maximum atomic E-state index is 4.25. The number of anilines is 1. The molecule has 18 heavy (non-hydrogen) atoms. The van der Waals surface area contributed by atoms with E-state index in [1.165, 1.54) is 0 Å². The molecule has 0 saturated carbocycles. The van der Waals surface area contributed by atoms with E-state index in [0.29, 0.717) is 5.92 Å². The maximum Gasteiger partial charge on any atom is 0.129 e. The van der Waals surface area contributed by atoms with Crippen LogP contribution in [0.25, 0.3) is 0 Å². The van der Waals surface area contributed by atoms with E-state index in [1.807, 2.05) is 23.0 Å². The van der Waals surface area contributed by atoms with Gasteiger partial charge in [0.1, 0.15) is 12.1 Å². The fourth-order valence-electron chi connectivity index (χ4n) is 1.75. The lowest BCUT2D eigenvalue weighted by Crippen LogP contribution is -2.23. The Balaban J connectivity index is 1.98. The van der Waals surface area contributed by atoms with Crippen molar-refractivity contribution in [3.8, 4) is 0 Å². The molecule has 1 unspecified atom stereocenters. The lowest BCUT2D eigenvalue weighted by molar-refractivity contribution is 0.559. The second kappa shape index (κ2) is 5.62. The first kappa shape index (κ1) is 12.5. The molecule has 1 atom stereocenters. The smallest absolute Gasteiger partial charge is 0.129 e. The molecule has 2 rings (SSSR count). The normalized spacial score (nSPS) is 12.7. The summed E-state index contributed by atoms with van der Waals surface area (Å²) in [6.07, 6.45) is 5.35. The van der Waals surface area contributed by atoms with Gasteiger partial charge in [0, 0.05) is 30.2 Å². The summed E-state index contributed by atoms with van der Waals surface area (Å²) in [5.41, 5.74) is 1.05. The van der Waals surface area contributed by atoms with Crippen molar-refractivity contribution in [1.82, 2.24) is 19.7 Å². The number of hydrogen-bond acceptors (Lipinski definition) is 4. The van der Waals surface area contributed by atoms with Crippen LogP contribution in [0.1, 0.15) is 32.4 Å². The van der Waals surface area contributed by atoms with E-state index in [0.717, 1.165) is 18.1 Å². The van der Waals surface area contributed by atoms with Gasteiger partial charge in [-0.2, -0.15) is 5.10 Å². The quantitative estimate of drug-likeness (QED) is 0.878. The third kappa shape index (κ3) is 3.29. The van der Waals surface area contributed by atoms with Crippen LogP contribution in [0.3, 0.4) is 0 Å². The molecule has 0 spiro atoms. The number of nitrogens with zero attached hydrogens (tertiary/aromatic N) is 4. The van der Waals surface area contributed by atoms with Gasteiger partial charge in [0.15, 0.2) is 0 Å². The van der Waals surface area contributed by atoms with Crippen molar-refractivity contribution in [1.29, 1.82) is 0 Å². The molecule has 96 valence electrons. The van der Waals surface area contributed by atoms with Gasteiger partial charge >= 0.3 is 0 Å². The molecule has 0 aliphatic rings. The van der Waals surface area contributed by atoms with Gasteiger partial charge in [-0.3, -0.25) is 4.68 Å². The van der Waals surface area contributed by atoms with Crippen LogP contribution in [-0.2, 0) is 6.54 Å². The largest absolute Gasteiger partial charge is 0.366 e. The number of nitrogens with one attached hydrogen (secondary N) is 1. The highest BCUT2D eigenvalue weighted by Crippen LogP contribution is 2.14. The van der Waals surface area contributed by atoms with Gasteiger partial charge in [-0.05, 0) is 18.9 Å². The summed E-state index contributed by atoms with van der Waals surface area (Å²) in [5, 5.41) is 7.55. The van der Waals surface area contributed by atoms with Crippen LogP contribution in [0.4, 0.5) is 5.82 Å². The van der Waals surface area contributed by atoms with Gasteiger partial charge in [0.2, 0.25) is 0 Å².